The topological polar surface area (TPSA) is 87.1 Å². The number of carbonyl (C=O) groups excluding carboxylic acids is 1. The molecule has 4 rings (SSSR count). The molecule has 0 N–H and O–H groups in total. The molecule has 0 amide bonds. The highest BCUT2D eigenvalue weighted by atomic mass is 35.5. The summed E-state index contributed by atoms with van der Waals surface area (Å²) in [5, 5.41) is 7.26. The Balaban J connectivity index is 1.75. The molecule has 0 aliphatic heterocycles. The van der Waals surface area contributed by atoms with Gasteiger partial charge >= 0.3 is 6.18 Å². The maximum absolute atomic E-state index is 12.8. The normalized spacial score (nSPS) is 12.1. The van der Waals surface area contributed by atoms with E-state index in [2.05, 4.69) is 15.2 Å². The summed E-state index contributed by atoms with van der Waals surface area (Å²) in [5.41, 5.74) is -1.53. The largest absolute Gasteiger partial charge is 0.435 e. The minimum absolute atomic E-state index is 0.0651. The number of hydrogen-bond donors (Lipinski definition) is 0. The van der Waals surface area contributed by atoms with Gasteiger partial charge in [-0.1, -0.05) is 23.2 Å². The Labute approximate surface area is 179 Å². The molecule has 0 unspecified atom stereocenters. The summed E-state index contributed by atoms with van der Waals surface area (Å²) in [6.07, 6.45) is -2.07. The van der Waals surface area contributed by atoms with Crippen molar-refractivity contribution in [1.29, 1.82) is 0 Å². The van der Waals surface area contributed by atoms with Crippen LogP contribution in [0.3, 0.4) is 0 Å². The number of aryl methyl sites for hydroxylation is 1. The molecule has 0 bridgehead atoms. The molecule has 0 atom stereocenters. The summed E-state index contributed by atoms with van der Waals surface area (Å²) in [6, 6.07) is 1.80. The molecule has 0 saturated carbocycles. The SMILES string of the molecule is Cc1sc2nc(Cn3nc(C(F)(F)F)cc3Cl)cc(=O)n2c1C(=O)n1cc(Cl)cn1. The van der Waals surface area contributed by atoms with E-state index >= 15 is 0 Å². The van der Waals surface area contributed by atoms with Crippen LogP contribution in [0.1, 0.15) is 26.8 Å². The highest BCUT2D eigenvalue weighted by Crippen LogP contribution is 2.30. The fraction of sp³-hybridized carbons (Fsp3) is 0.188. The summed E-state index contributed by atoms with van der Waals surface area (Å²) in [7, 11) is 0. The van der Waals surface area contributed by atoms with Gasteiger partial charge in [-0.3, -0.25) is 9.59 Å². The van der Waals surface area contributed by atoms with E-state index in [4.69, 9.17) is 23.2 Å². The van der Waals surface area contributed by atoms with Crippen molar-refractivity contribution in [1.82, 2.24) is 28.9 Å². The van der Waals surface area contributed by atoms with Crippen molar-refractivity contribution in [3.63, 3.8) is 0 Å². The molecule has 0 radical (unpaired) electrons. The Hall–Kier alpha value is -2.70. The smallest absolute Gasteiger partial charge is 0.269 e. The second-order valence-electron chi connectivity index (χ2n) is 6.13. The van der Waals surface area contributed by atoms with Crippen LogP contribution in [-0.2, 0) is 12.7 Å². The quantitative estimate of drug-likeness (QED) is 0.451. The second-order valence-corrected chi connectivity index (χ2v) is 8.13. The van der Waals surface area contributed by atoms with Crippen LogP contribution in [0, 0.1) is 6.92 Å². The van der Waals surface area contributed by atoms with E-state index in [1.165, 1.54) is 12.4 Å². The highest BCUT2D eigenvalue weighted by molar-refractivity contribution is 7.17. The van der Waals surface area contributed by atoms with Crippen LogP contribution in [0.15, 0.2) is 29.3 Å². The molecule has 0 aliphatic rings. The Morgan fingerprint density at radius 3 is 2.60 bits per heavy atom. The molecule has 0 aliphatic carbocycles. The zero-order valence-electron chi connectivity index (χ0n) is 14.8. The van der Waals surface area contributed by atoms with Gasteiger partial charge in [0.05, 0.1) is 29.7 Å². The maximum atomic E-state index is 12.8. The third-order valence-corrected chi connectivity index (χ3v) is 5.49. The van der Waals surface area contributed by atoms with Crippen LogP contribution in [0.25, 0.3) is 4.96 Å². The van der Waals surface area contributed by atoms with Crippen LogP contribution in [-0.4, -0.2) is 34.9 Å². The van der Waals surface area contributed by atoms with Crippen molar-refractivity contribution in [2.75, 3.05) is 0 Å². The molecule has 0 saturated heterocycles. The van der Waals surface area contributed by atoms with E-state index in [0.29, 0.717) is 10.9 Å². The van der Waals surface area contributed by atoms with E-state index < -0.39 is 23.3 Å². The minimum Gasteiger partial charge on any atom is -0.269 e. The first-order valence-electron chi connectivity index (χ1n) is 8.12. The fourth-order valence-corrected chi connectivity index (χ4v) is 4.09. The Kier molecular flexibility index (Phi) is 4.95. The van der Waals surface area contributed by atoms with E-state index in [9.17, 15) is 22.8 Å². The van der Waals surface area contributed by atoms with Crippen LogP contribution in [0.4, 0.5) is 13.2 Å². The van der Waals surface area contributed by atoms with Crippen molar-refractivity contribution < 1.29 is 18.0 Å². The molecule has 4 aromatic heterocycles. The van der Waals surface area contributed by atoms with E-state index in [1.807, 2.05) is 0 Å². The predicted molar refractivity (Wildman–Crippen MR) is 102 cm³/mol. The van der Waals surface area contributed by atoms with Crippen LogP contribution in [0.5, 0.6) is 0 Å². The number of rotatable bonds is 3. The predicted octanol–water partition coefficient (Wildman–Crippen LogP) is 3.52. The first-order valence-corrected chi connectivity index (χ1v) is 9.69. The average Bonchev–Trinajstić information content (AvgIpc) is 3.32. The number of fused-ring (bicyclic) bond motifs is 1. The van der Waals surface area contributed by atoms with Crippen molar-refractivity contribution in [3.8, 4) is 0 Å². The van der Waals surface area contributed by atoms with E-state index in [1.54, 1.807) is 6.92 Å². The molecule has 0 spiro atoms. The Bertz CT molecular complexity index is 1350. The standard InChI is InChI=1S/C16H9Cl2F3N6O2S/c1-7-13(14(29)26-5-8(17)4-22-26)27-12(28)2-9(23-15(27)30-7)6-25-11(18)3-10(24-25)16(19,20)21/h2-5H,6H2,1H3. The van der Waals surface area contributed by atoms with Gasteiger partial charge in [-0.25, -0.2) is 18.7 Å². The van der Waals surface area contributed by atoms with Gasteiger partial charge in [-0.15, -0.1) is 11.3 Å². The van der Waals surface area contributed by atoms with Gasteiger partial charge in [-0.05, 0) is 6.92 Å². The Morgan fingerprint density at radius 2 is 2.00 bits per heavy atom. The number of halogens is 5. The molecule has 14 heteroatoms. The highest BCUT2D eigenvalue weighted by Gasteiger charge is 2.34. The number of nitrogens with zero attached hydrogens (tertiary/aromatic N) is 6. The summed E-state index contributed by atoms with van der Waals surface area (Å²) in [5.74, 6) is -0.577. The lowest BCUT2D eigenvalue weighted by atomic mass is 10.3. The van der Waals surface area contributed by atoms with Crippen molar-refractivity contribution in [3.05, 3.63) is 67.0 Å². The average molecular weight is 477 g/mol. The van der Waals surface area contributed by atoms with E-state index in [0.717, 1.165) is 31.2 Å². The first-order chi connectivity index (χ1) is 14.0. The van der Waals surface area contributed by atoms with Gasteiger partial charge in [0.25, 0.3) is 11.5 Å². The van der Waals surface area contributed by atoms with Gasteiger partial charge in [0.1, 0.15) is 10.8 Å². The molecular formula is C16H9Cl2F3N6O2S. The zero-order chi connectivity index (χ0) is 21.8. The van der Waals surface area contributed by atoms with Crippen molar-refractivity contribution in [2.24, 2.45) is 0 Å². The van der Waals surface area contributed by atoms with Gasteiger partial charge in [0.15, 0.2) is 10.7 Å². The Morgan fingerprint density at radius 1 is 1.27 bits per heavy atom. The van der Waals surface area contributed by atoms with Crippen molar-refractivity contribution in [2.45, 2.75) is 19.6 Å². The van der Waals surface area contributed by atoms with Gasteiger partial charge < -0.3 is 0 Å². The third kappa shape index (κ3) is 3.61. The lowest BCUT2D eigenvalue weighted by Crippen LogP contribution is -2.23. The molecule has 0 fully saturated rings. The van der Waals surface area contributed by atoms with E-state index in [-0.39, 0.29) is 33.1 Å². The number of carbonyl (C=O) groups is 1. The van der Waals surface area contributed by atoms with Crippen LogP contribution >= 0.6 is 34.5 Å². The first kappa shape index (κ1) is 20.6. The van der Waals surface area contributed by atoms with Gasteiger partial charge in [-0.2, -0.15) is 23.4 Å². The fourth-order valence-electron chi connectivity index (χ4n) is 2.77. The van der Waals surface area contributed by atoms with Gasteiger partial charge in [0.2, 0.25) is 0 Å². The molecule has 8 nitrogen and oxygen atoms in total. The zero-order valence-corrected chi connectivity index (χ0v) is 17.1. The minimum atomic E-state index is -4.65. The van der Waals surface area contributed by atoms with Crippen LogP contribution in [0.2, 0.25) is 10.2 Å². The number of aromatic nitrogens is 6. The molecular weight excluding hydrogens is 468 g/mol. The maximum Gasteiger partial charge on any atom is 0.435 e. The van der Waals surface area contributed by atoms with Gasteiger partial charge in [0, 0.05) is 17.0 Å². The molecule has 30 heavy (non-hydrogen) atoms. The number of thiazole rings is 1. The molecule has 4 heterocycles. The second kappa shape index (κ2) is 7.22. The number of hydrogen-bond acceptors (Lipinski definition) is 6. The monoisotopic (exact) mass is 476 g/mol. The van der Waals surface area contributed by atoms with Crippen LogP contribution < -0.4 is 5.56 Å². The summed E-state index contributed by atoms with van der Waals surface area (Å²) >= 11 is 12.7. The molecule has 4 aromatic rings. The summed E-state index contributed by atoms with van der Waals surface area (Å²) in [6.45, 7) is 1.38. The lowest BCUT2D eigenvalue weighted by molar-refractivity contribution is -0.141. The summed E-state index contributed by atoms with van der Waals surface area (Å²) < 4.78 is 41.4. The molecule has 156 valence electrons. The summed E-state index contributed by atoms with van der Waals surface area (Å²) in [4.78, 5) is 30.4. The van der Waals surface area contributed by atoms with Crippen molar-refractivity contribution >= 4 is 45.4 Å². The molecule has 0 aromatic carbocycles. The number of alkyl halides is 3. The lowest BCUT2D eigenvalue weighted by Gasteiger charge is -2.05. The third-order valence-electron chi connectivity index (χ3n) is 4.04.